The number of anilines is 1. The SMILES string of the molecule is Cc1cc(-c2csc(NC(=O)C(C)C3CNC3)n2)ccc1F.Cl. The lowest BCUT2D eigenvalue weighted by Gasteiger charge is -2.31. The fraction of sp³-hybridized carbons (Fsp3) is 0.375. The average Bonchev–Trinajstić information content (AvgIpc) is 2.88. The molecule has 0 aliphatic carbocycles. The Bertz CT molecular complexity index is 702. The van der Waals surface area contributed by atoms with Crippen molar-refractivity contribution in [1.29, 1.82) is 0 Å². The molecule has 1 amide bonds. The Morgan fingerprint density at radius 1 is 1.48 bits per heavy atom. The number of aromatic nitrogens is 1. The van der Waals surface area contributed by atoms with Gasteiger partial charge >= 0.3 is 0 Å². The Balaban J connectivity index is 0.00000192. The number of hydrogen-bond acceptors (Lipinski definition) is 4. The molecule has 1 saturated heterocycles. The standard InChI is InChI=1S/C16H18FN3OS.ClH/c1-9-5-11(3-4-13(9)17)14-8-22-16(19-14)20-15(21)10(2)12-6-18-7-12;/h3-5,8,10,12,18H,6-7H2,1-2H3,(H,19,20,21);1H. The molecule has 23 heavy (non-hydrogen) atoms. The molecule has 4 nitrogen and oxygen atoms in total. The third-order valence-corrected chi connectivity index (χ3v) is 4.88. The van der Waals surface area contributed by atoms with Crippen molar-refractivity contribution in [3.63, 3.8) is 0 Å². The fourth-order valence-corrected chi connectivity index (χ4v) is 3.09. The molecule has 1 fully saturated rings. The van der Waals surface area contributed by atoms with Crippen molar-refractivity contribution in [3.05, 3.63) is 35.0 Å². The van der Waals surface area contributed by atoms with Crippen LogP contribution in [0.15, 0.2) is 23.6 Å². The smallest absolute Gasteiger partial charge is 0.229 e. The number of amides is 1. The number of rotatable bonds is 4. The van der Waals surface area contributed by atoms with Gasteiger partial charge in [0.15, 0.2) is 5.13 Å². The van der Waals surface area contributed by atoms with Gasteiger partial charge in [0, 0.05) is 16.9 Å². The zero-order valence-electron chi connectivity index (χ0n) is 12.9. The van der Waals surface area contributed by atoms with Crippen molar-refractivity contribution in [2.45, 2.75) is 13.8 Å². The van der Waals surface area contributed by atoms with Gasteiger partial charge in [-0.05, 0) is 49.7 Å². The summed E-state index contributed by atoms with van der Waals surface area (Å²) in [5.41, 5.74) is 2.19. The van der Waals surface area contributed by atoms with Crippen molar-refractivity contribution in [2.24, 2.45) is 11.8 Å². The van der Waals surface area contributed by atoms with E-state index in [-0.39, 0.29) is 30.0 Å². The molecule has 0 radical (unpaired) electrons. The van der Waals surface area contributed by atoms with Gasteiger partial charge in [-0.3, -0.25) is 4.79 Å². The highest BCUT2D eigenvalue weighted by Crippen LogP contribution is 2.27. The predicted molar refractivity (Wildman–Crippen MR) is 93.6 cm³/mol. The first-order valence-electron chi connectivity index (χ1n) is 7.28. The summed E-state index contributed by atoms with van der Waals surface area (Å²) in [6.45, 7) is 5.46. The van der Waals surface area contributed by atoms with Crippen LogP contribution in [-0.4, -0.2) is 24.0 Å². The summed E-state index contributed by atoms with van der Waals surface area (Å²) < 4.78 is 13.3. The average molecular weight is 356 g/mol. The maximum atomic E-state index is 13.3. The van der Waals surface area contributed by atoms with Gasteiger partial charge in [0.1, 0.15) is 5.82 Å². The second-order valence-electron chi connectivity index (χ2n) is 5.70. The molecule has 1 aromatic heterocycles. The van der Waals surface area contributed by atoms with E-state index in [2.05, 4.69) is 15.6 Å². The van der Waals surface area contributed by atoms with Crippen LogP contribution in [0.5, 0.6) is 0 Å². The van der Waals surface area contributed by atoms with Gasteiger partial charge in [-0.1, -0.05) is 6.92 Å². The first-order chi connectivity index (χ1) is 10.5. The van der Waals surface area contributed by atoms with Crippen molar-refractivity contribution in [3.8, 4) is 11.3 Å². The number of nitrogens with zero attached hydrogens (tertiary/aromatic N) is 1. The highest BCUT2D eigenvalue weighted by molar-refractivity contribution is 7.14. The highest BCUT2D eigenvalue weighted by Gasteiger charge is 2.29. The summed E-state index contributed by atoms with van der Waals surface area (Å²) in [4.78, 5) is 16.6. The van der Waals surface area contributed by atoms with Crippen LogP contribution in [0.3, 0.4) is 0 Å². The predicted octanol–water partition coefficient (Wildman–Crippen LogP) is 3.47. The Morgan fingerprint density at radius 3 is 2.83 bits per heavy atom. The van der Waals surface area contributed by atoms with Crippen LogP contribution in [-0.2, 0) is 4.79 Å². The quantitative estimate of drug-likeness (QED) is 0.882. The van der Waals surface area contributed by atoms with Crippen LogP contribution < -0.4 is 10.6 Å². The molecule has 2 N–H and O–H groups in total. The molecule has 2 aromatic rings. The normalized spacial score (nSPS) is 15.4. The van der Waals surface area contributed by atoms with Crippen LogP contribution in [0.2, 0.25) is 0 Å². The summed E-state index contributed by atoms with van der Waals surface area (Å²) >= 11 is 1.39. The zero-order valence-corrected chi connectivity index (χ0v) is 14.6. The van der Waals surface area contributed by atoms with Crippen molar-refractivity contribution >= 4 is 34.8 Å². The van der Waals surface area contributed by atoms with E-state index in [1.54, 1.807) is 19.1 Å². The molecule has 1 atom stereocenters. The molecule has 1 aliphatic heterocycles. The molecule has 1 aromatic carbocycles. The van der Waals surface area contributed by atoms with Crippen molar-refractivity contribution in [2.75, 3.05) is 18.4 Å². The van der Waals surface area contributed by atoms with Crippen LogP contribution >= 0.6 is 23.7 Å². The number of aryl methyl sites for hydroxylation is 1. The molecule has 1 aliphatic rings. The van der Waals surface area contributed by atoms with Gasteiger partial charge in [0.2, 0.25) is 5.91 Å². The van der Waals surface area contributed by atoms with Gasteiger partial charge < -0.3 is 10.6 Å². The van der Waals surface area contributed by atoms with E-state index in [0.717, 1.165) is 24.3 Å². The summed E-state index contributed by atoms with van der Waals surface area (Å²) in [5.74, 6) is 0.152. The summed E-state index contributed by atoms with van der Waals surface area (Å²) in [7, 11) is 0. The topological polar surface area (TPSA) is 54.0 Å². The van der Waals surface area contributed by atoms with Gasteiger partial charge in [-0.2, -0.15) is 0 Å². The number of halogens is 2. The van der Waals surface area contributed by atoms with E-state index in [1.165, 1.54) is 17.4 Å². The number of nitrogens with one attached hydrogen (secondary N) is 2. The molecule has 2 heterocycles. The lowest BCUT2D eigenvalue weighted by molar-refractivity contribution is -0.121. The number of carbonyl (C=O) groups is 1. The Labute approximate surface area is 144 Å². The molecule has 7 heteroatoms. The number of hydrogen-bond donors (Lipinski definition) is 2. The first kappa shape index (κ1) is 17.8. The molecule has 0 bridgehead atoms. The third-order valence-electron chi connectivity index (χ3n) is 4.12. The van der Waals surface area contributed by atoms with Gasteiger partial charge in [-0.25, -0.2) is 9.37 Å². The fourth-order valence-electron chi connectivity index (χ4n) is 2.37. The minimum Gasteiger partial charge on any atom is -0.316 e. The third kappa shape index (κ3) is 3.88. The van der Waals surface area contributed by atoms with Crippen LogP contribution in [0.25, 0.3) is 11.3 Å². The molecule has 0 spiro atoms. The molecular weight excluding hydrogens is 337 g/mol. The molecular formula is C16H19ClFN3OS. The second-order valence-corrected chi connectivity index (χ2v) is 6.56. The van der Waals surface area contributed by atoms with E-state index >= 15 is 0 Å². The zero-order chi connectivity index (χ0) is 15.7. The first-order valence-corrected chi connectivity index (χ1v) is 8.16. The van der Waals surface area contributed by atoms with E-state index in [4.69, 9.17) is 0 Å². The van der Waals surface area contributed by atoms with Gasteiger partial charge in [0.25, 0.3) is 0 Å². The summed E-state index contributed by atoms with van der Waals surface area (Å²) in [6, 6.07) is 4.90. The lowest BCUT2D eigenvalue weighted by Crippen LogP contribution is -2.48. The van der Waals surface area contributed by atoms with E-state index in [9.17, 15) is 9.18 Å². The second kappa shape index (κ2) is 7.38. The van der Waals surface area contributed by atoms with Crippen molar-refractivity contribution in [1.82, 2.24) is 10.3 Å². The largest absolute Gasteiger partial charge is 0.316 e. The lowest BCUT2D eigenvalue weighted by atomic mass is 9.88. The molecule has 1 unspecified atom stereocenters. The molecule has 3 rings (SSSR count). The number of thiazole rings is 1. The molecule has 124 valence electrons. The number of carbonyl (C=O) groups excluding carboxylic acids is 1. The maximum absolute atomic E-state index is 13.3. The minimum atomic E-state index is -0.226. The Morgan fingerprint density at radius 2 is 2.22 bits per heavy atom. The summed E-state index contributed by atoms with van der Waals surface area (Å²) in [6.07, 6.45) is 0. The van der Waals surface area contributed by atoms with Crippen LogP contribution in [0.1, 0.15) is 12.5 Å². The summed E-state index contributed by atoms with van der Waals surface area (Å²) in [5, 5.41) is 8.50. The van der Waals surface area contributed by atoms with Gasteiger partial charge in [0.05, 0.1) is 5.69 Å². The Kier molecular flexibility index (Phi) is 5.73. The number of benzene rings is 1. The highest BCUT2D eigenvalue weighted by atomic mass is 35.5. The van der Waals surface area contributed by atoms with Gasteiger partial charge in [-0.15, -0.1) is 23.7 Å². The molecule has 0 saturated carbocycles. The van der Waals surface area contributed by atoms with Crippen LogP contribution in [0.4, 0.5) is 9.52 Å². The van der Waals surface area contributed by atoms with E-state index in [1.807, 2.05) is 12.3 Å². The maximum Gasteiger partial charge on any atom is 0.229 e. The van der Waals surface area contributed by atoms with E-state index < -0.39 is 0 Å². The monoisotopic (exact) mass is 355 g/mol. The minimum absolute atomic E-state index is 0. The Hall–Kier alpha value is -1.50. The van der Waals surface area contributed by atoms with Crippen molar-refractivity contribution < 1.29 is 9.18 Å². The van der Waals surface area contributed by atoms with Crippen LogP contribution in [0, 0.1) is 24.6 Å². The van der Waals surface area contributed by atoms with E-state index in [0.29, 0.717) is 16.6 Å².